The maximum absolute atomic E-state index is 13.0. The van der Waals surface area contributed by atoms with E-state index in [2.05, 4.69) is 0 Å². The van der Waals surface area contributed by atoms with Crippen molar-refractivity contribution >= 4 is 17.6 Å². The number of methoxy groups -OCH3 is 1. The van der Waals surface area contributed by atoms with Gasteiger partial charge in [-0.15, -0.1) is 0 Å². The van der Waals surface area contributed by atoms with Gasteiger partial charge in [0.2, 0.25) is 5.91 Å². The van der Waals surface area contributed by atoms with Gasteiger partial charge >= 0.3 is 5.97 Å². The third-order valence-corrected chi connectivity index (χ3v) is 5.26. The second kappa shape index (κ2) is 8.82. The number of esters is 1. The van der Waals surface area contributed by atoms with E-state index in [1.165, 1.54) is 7.11 Å². The topological polar surface area (TPSA) is 55.8 Å². The van der Waals surface area contributed by atoms with Crippen molar-refractivity contribution in [2.75, 3.05) is 18.6 Å². The van der Waals surface area contributed by atoms with Gasteiger partial charge in [-0.25, -0.2) is 4.79 Å². The zero-order valence-electron chi connectivity index (χ0n) is 16.8. The van der Waals surface area contributed by atoms with Gasteiger partial charge in [0.05, 0.1) is 20.1 Å². The molecule has 0 radical (unpaired) electrons. The first-order valence-electron chi connectivity index (χ1n) is 9.94. The molecule has 30 heavy (non-hydrogen) atoms. The summed E-state index contributed by atoms with van der Waals surface area (Å²) in [4.78, 5) is 26.8. The predicted molar refractivity (Wildman–Crippen MR) is 115 cm³/mol. The van der Waals surface area contributed by atoms with E-state index >= 15 is 0 Å². The fraction of sp³-hybridized carbons (Fsp3) is 0.200. The van der Waals surface area contributed by atoms with Crippen LogP contribution in [0.5, 0.6) is 5.75 Å². The van der Waals surface area contributed by atoms with E-state index in [1.54, 1.807) is 4.90 Å². The van der Waals surface area contributed by atoms with Crippen molar-refractivity contribution in [3.63, 3.8) is 0 Å². The molecule has 0 saturated carbocycles. The van der Waals surface area contributed by atoms with Crippen molar-refractivity contribution in [1.82, 2.24) is 0 Å². The number of benzene rings is 3. The van der Waals surface area contributed by atoms with Gasteiger partial charge in [0, 0.05) is 17.7 Å². The Morgan fingerprint density at radius 3 is 2.43 bits per heavy atom. The number of ether oxygens (including phenoxy) is 2. The summed E-state index contributed by atoms with van der Waals surface area (Å²) in [5.41, 5.74) is 3.77. The first kappa shape index (κ1) is 19.7. The van der Waals surface area contributed by atoms with Crippen molar-refractivity contribution in [2.24, 2.45) is 0 Å². The molecule has 1 heterocycles. The van der Waals surface area contributed by atoms with Crippen LogP contribution in [0.25, 0.3) is 11.1 Å². The van der Waals surface area contributed by atoms with E-state index in [0.717, 1.165) is 28.1 Å². The number of para-hydroxylation sites is 2. The molecule has 4 rings (SSSR count). The number of amides is 1. The minimum atomic E-state index is -0.628. The molecule has 3 aromatic carbocycles. The molecule has 1 aliphatic heterocycles. The maximum atomic E-state index is 13.0. The normalized spacial score (nSPS) is 14.8. The van der Waals surface area contributed by atoms with Gasteiger partial charge in [-0.05, 0) is 23.3 Å². The standard InChI is InChI=1S/C25H23NO4/c1-29-25(28)22-17-19-11-5-7-13-21(19)26(22)24(27)15-16-30-23-14-8-6-12-20(23)18-9-3-2-4-10-18/h2-14,22H,15-17H2,1H3. The number of carbonyl (C=O) groups is 2. The zero-order valence-corrected chi connectivity index (χ0v) is 16.8. The van der Waals surface area contributed by atoms with Gasteiger partial charge < -0.3 is 9.47 Å². The number of rotatable bonds is 6. The smallest absolute Gasteiger partial charge is 0.329 e. The highest BCUT2D eigenvalue weighted by Gasteiger charge is 2.38. The molecule has 5 nitrogen and oxygen atoms in total. The molecule has 0 fully saturated rings. The minimum absolute atomic E-state index is 0.158. The summed E-state index contributed by atoms with van der Waals surface area (Å²) in [6.45, 7) is 0.217. The Bertz CT molecular complexity index is 1050. The van der Waals surface area contributed by atoms with Gasteiger partial charge in [-0.2, -0.15) is 0 Å². The average molecular weight is 401 g/mol. The maximum Gasteiger partial charge on any atom is 0.329 e. The van der Waals surface area contributed by atoms with Gasteiger partial charge in [0.1, 0.15) is 11.8 Å². The summed E-state index contributed by atoms with van der Waals surface area (Å²) in [6, 6.07) is 24.7. The lowest BCUT2D eigenvalue weighted by Crippen LogP contribution is -2.43. The number of anilines is 1. The van der Waals surface area contributed by atoms with E-state index in [0.29, 0.717) is 6.42 Å². The van der Waals surface area contributed by atoms with Gasteiger partial charge in [-0.3, -0.25) is 9.69 Å². The summed E-state index contributed by atoms with van der Waals surface area (Å²) in [6.07, 6.45) is 0.622. The molecule has 1 atom stereocenters. The van der Waals surface area contributed by atoms with E-state index < -0.39 is 12.0 Å². The van der Waals surface area contributed by atoms with Crippen LogP contribution in [0.4, 0.5) is 5.69 Å². The fourth-order valence-corrected chi connectivity index (χ4v) is 3.84. The lowest BCUT2D eigenvalue weighted by molar-refractivity contribution is -0.143. The van der Waals surface area contributed by atoms with Crippen LogP contribution >= 0.6 is 0 Å². The monoisotopic (exact) mass is 401 g/mol. The number of nitrogens with zero attached hydrogens (tertiary/aromatic N) is 1. The number of fused-ring (bicyclic) bond motifs is 1. The second-order valence-electron chi connectivity index (χ2n) is 7.10. The highest BCUT2D eigenvalue weighted by molar-refractivity contribution is 6.02. The third kappa shape index (κ3) is 3.92. The minimum Gasteiger partial charge on any atom is -0.492 e. The van der Waals surface area contributed by atoms with Crippen LogP contribution in [0.3, 0.4) is 0 Å². The van der Waals surface area contributed by atoms with Crippen molar-refractivity contribution in [3.05, 3.63) is 84.4 Å². The van der Waals surface area contributed by atoms with Crippen LogP contribution in [-0.4, -0.2) is 31.6 Å². The van der Waals surface area contributed by atoms with E-state index in [-0.39, 0.29) is 18.9 Å². The Balaban J connectivity index is 1.47. The summed E-state index contributed by atoms with van der Waals surface area (Å²) >= 11 is 0. The van der Waals surface area contributed by atoms with Crippen LogP contribution in [-0.2, 0) is 20.7 Å². The molecule has 0 N–H and O–H groups in total. The molecule has 0 bridgehead atoms. The summed E-state index contributed by atoms with van der Waals surface area (Å²) < 4.78 is 10.9. The molecule has 0 aromatic heterocycles. The lowest BCUT2D eigenvalue weighted by atomic mass is 10.1. The Morgan fingerprint density at radius 2 is 1.63 bits per heavy atom. The predicted octanol–water partition coefficient (Wildman–Crippen LogP) is 4.25. The van der Waals surface area contributed by atoms with Crippen molar-refractivity contribution in [1.29, 1.82) is 0 Å². The van der Waals surface area contributed by atoms with Crippen LogP contribution in [0.15, 0.2) is 78.9 Å². The quantitative estimate of drug-likeness (QED) is 0.580. The Kier molecular flexibility index (Phi) is 5.80. The molecule has 0 aliphatic carbocycles. The van der Waals surface area contributed by atoms with Crippen LogP contribution in [0.2, 0.25) is 0 Å². The van der Waals surface area contributed by atoms with Crippen molar-refractivity contribution in [3.8, 4) is 16.9 Å². The first-order valence-corrected chi connectivity index (χ1v) is 9.94. The number of hydrogen-bond donors (Lipinski definition) is 0. The molecular weight excluding hydrogens is 378 g/mol. The molecule has 5 heteroatoms. The highest BCUT2D eigenvalue weighted by Crippen LogP contribution is 2.33. The van der Waals surface area contributed by atoms with Crippen LogP contribution in [0, 0.1) is 0 Å². The highest BCUT2D eigenvalue weighted by atomic mass is 16.5. The summed E-state index contributed by atoms with van der Waals surface area (Å²) in [7, 11) is 1.34. The molecule has 0 spiro atoms. The van der Waals surface area contributed by atoms with Gasteiger partial charge in [0.25, 0.3) is 0 Å². The molecule has 1 aliphatic rings. The van der Waals surface area contributed by atoms with E-state index in [9.17, 15) is 9.59 Å². The van der Waals surface area contributed by atoms with Gasteiger partial charge in [0.15, 0.2) is 0 Å². The number of hydrogen-bond acceptors (Lipinski definition) is 4. The Hall–Kier alpha value is -3.60. The van der Waals surface area contributed by atoms with Gasteiger partial charge in [-0.1, -0.05) is 66.7 Å². The molecule has 3 aromatic rings. The molecule has 0 saturated heterocycles. The first-order chi connectivity index (χ1) is 14.7. The van der Waals surface area contributed by atoms with Crippen LogP contribution < -0.4 is 9.64 Å². The Labute approximate surface area is 175 Å². The zero-order chi connectivity index (χ0) is 20.9. The van der Waals surface area contributed by atoms with Crippen molar-refractivity contribution in [2.45, 2.75) is 18.9 Å². The van der Waals surface area contributed by atoms with Crippen molar-refractivity contribution < 1.29 is 19.1 Å². The molecule has 1 unspecified atom stereocenters. The second-order valence-corrected chi connectivity index (χ2v) is 7.10. The summed E-state index contributed by atoms with van der Waals surface area (Å²) in [5.74, 6) is 0.158. The van der Waals surface area contributed by atoms with Crippen LogP contribution in [0.1, 0.15) is 12.0 Å². The largest absolute Gasteiger partial charge is 0.492 e. The number of carbonyl (C=O) groups excluding carboxylic acids is 2. The Morgan fingerprint density at radius 1 is 0.933 bits per heavy atom. The molecule has 152 valence electrons. The fourth-order valence-electron chi connectivity index (χ4n) is 3.84. The summed E-state index contributed by atoms with van der Waals surface area (Å²) in [5, 5.41) is 0. The molecular formula is C25H23NO4. The molecule has 1 amide bonds. The SMILES string of the molecule is COC(=O)C1Cc2ccccc2N1C(=O)CCOc1ccccc1-c1ccccc1. The van der Waals surface area contributed by atoms with E-state index in [1.807, 2.05) is 78.9 Å². The lowest BCUT2D eigenvalue weighted by Gasteiger charge is -2.24. The average Bonchev–Trinajstić information content (AvgIpc) is 3.19. The third-order valence-electron chi connectivity index (χ3n) is 5.26. The van der Waals surface area contributed by atoms with E-state index in [4.69, 9.17) is 9.47 Å².